The maximum Gasteiger partial charge on any atom is 0.242 e. The van der Waals surface area contributed by atoms with Gasteiger partial charge in [0, 0.05) is 38.8 Å². The highest BCUT2D eigenvalue weighted by Crippen LogP contribution is 2.28. The van der Waals surface area contributed by atoms with Crippen molar-refractivity contribution in [3.8, 4) is 0 Å². The molecule has 0 saturated carbocycles. The van der Waals surface area contributed by atoms with E-state index in [1.54, 1.807) is 16.2 Å². The fraction of sp³-hybridized carbons (Fsp3) is 0.550. The number of benzene rings is 1. The third-order valence-corrected chi connectivity index (χ3v) is 5.83. The van der Waals surface area contributed by atoms with E-state index in [-0.39, 0.29) is 17.9 Å². The number of nitrogens with zero attached hydrogens (tertiary/aromatic N) is 4. The summed E-state index contributed by atoms with van der Waals surface area (Å²) in [6.45, 7) is 10.5. The van der Waals surface area contributed by atoms with Crippen LogP contribution in [-0.4, -0.2) is 78.5 Å². The number of hydrogen-bond acceptors (Lipinski definition) is 6. The molecule has 0 spiro atoms. The molecule has 2 amide bonds. The Morgan fingerprint density at radius 2 is 1.79 bits per heavy atom. The number of piperazine rings is 1. The normalized spacial score (nSPS) is 15.9. The van der Waals surface area contributed by atoms with Crippen LogP contribution in [-0.2, 0) is 9.59 Å². The largest absolute Gasteiger partial charge is 0.353 e. The van der Waals surface area contributed by atoms with Gasteiger partial charge in [-0.15, -0.1) is 0 Å². The van der Waals surface area contributed by atoms with Crippen molar-refractivity contribution in [2.24, 2.45) is 0 Å². The van der Waals surface area contributed by atoms with Gasteiger partial charge in [-0.3, -0.25) is 24.3 Å². The zero-order valence-corrected chi connectivity index (χ0v) is 17.7. The van der Waals surface area contributed by atoms with Crippen LogP contribution in [0.5, 0.6) is 0 Å². The monoisotopic (exact) mass is 403 g/mol. The molecule has 1 aromatic carbocycles. The number of thiazole rings is 1. The van der Waals surface area contributed by atoms with Gasteiger partial charge in [-0.25, -0.2) is 4.98 Å². The zero-order valence-electron chi connectivity index (χ0n) is 16.9. The number of rotatable bonds is 7. The van der Waals surface area contributed by atoms with Gasteiger partial charge in [0.2, 0.25) is 11.8 Å². The third kappa shape index (κ3) is 5.27. The second kappa shape index (κ2) is 9.45. The predicted molar refractivity (Wildman–Crippen MR) is 114 cm³/mol. The second-order valence-corrected chi connectivity index (χ2v) is 8.39. The zero-order chi connectivity index (χ0) is 20.1. The SMILES string of the molecule is CCN(C(=O)CN1CCN(CC(=O)NC(C)C)CC1)c1nc2ccccc2s1. The van der Waals surface area contributed by atoms with Crippen LogP contribution in [0.4, 0.5) is 5.13 Å². The van der Waals surface area contributed by atoms with Gasteiger partial charge in [-0.2, -0.15) is 0 Å². The van der Waals surface area contributed by atoms with E-state index in [1.165, 1.54) is 0 Å². The fourth-order valence-electron chi connectivity index (χ4n) is 3.35. The molecular weight excluding hydrogens is 374 g/mol. The van der Waals surface area contributed by atoms with Crippen molar-refractivity contribution >= 4 is 38.5 Å². The first kappa shape index (κ1) is 20.7. The number of para-hydroxylation sites is 1. The van der Waals surface area contributed by atoms with Crippen molar-refractivity contribution < 1.29 is 9.59 Å². The fourth-order valence-corrected chi connectivity index (χ4v) is 4.39. The summed E-state index contributed by atoms with van der Waals surface area (Å²) in [6, 6.07) is 8.12. The van der Waals surface area contributed by atoms with E-state index in [0.717, 1.165) is 41.5 Å². The van der Waals surface area contributed by atoms with E-state index >= 15 is 0 Å². The van der Waals surface area contributed by atoms with E-state index in [0.29, 0.717) is 19.6 Å². The summed E-state index contributed by atoms with van der Waals surface area (Å²) >= 11 is 1.56. The molecule has 1 saturated heterocycles. The van der Waals surface area contributed by atoms with Crippen molar-refractivity contribution in [3.63, 3.8) is 0 Å². The quantitative estimate of drug-likeness (QED) is 0.763. The molecule has 3 rings (SSSR count). The summed E-state index contributed by atoms with van der Waals surface area (Å²) in [5, 5.41) is 3.69. The van der Waals surface area contributed by atoms with E-state index in [9.17, 15) is 9.59 Å². The Hall–Kier alpha value is -2.03. The molecule has 0 bridgehead atoms. The van der Waals surface area contributed by atoms with Gasteiger partial charge in [0.15, 0.2) is 5.13 Å². The van der Waals surface area contributed by atoms with Gasteiger partial charge < -0.3 is 5.32 Å². The smallest absolute Gasteiger partial charge is 0.242 e. The van der Waals surface area contributed by atoms with Crippen LogP contribution in [0, 0.1) is 0 Å². The number of carbonyl (C=O) groups is 2. The molecule has 152 valence electrons. The molecule has 0 aliphatic carbocycles. The van der Waals surface area contributed by atoms with Crippen LogP contribution in [0.3, 0.4) is 0 Å². The van der Waals surface area contributed by atoms with Gasteiger partial charge in [-0.05, 0) is 32.9 Å². The Morgan fingerprint density at radius 1 is 1.14 bits per heavy atom. The van der Waals surface area contributed by atoms with Crippen LogP contribution in [0.1, 0.15) is 20.8 Å². The van der Waals surface area contributed by atoms with Crippen molar-refractivity contribution in [2.75, 3.05) is 50.7 Å². The molecule has 8 heteroatoms. The minimum Gasteiger partial charge on any atom is -0.353 e. The van der Waals surface area contributed by atoms with Crippen molar-refractivity contribution in [1.29, 1.82) is 0 Å². The first-order chi connectivity index (χ1) is 13.5. The van der Waals surface area contributed by atoms with Crippen LogP contribution < -0.4 is 10.2 Å². The highest BCUT2D eigenvalue weighted by molar-refractivity contribution is 7.22. The molecule has 1 N–H and O–H groups in total. The molecule has 1 fully saturated rings. The van der Waals surface area contributed by atoms with Gasteiger partial charge in [0.05, 0.1) is 23.3 Å². The van der Waals surface area contributed by atoms with E-state index in [2.05, 4.69) is 20.1 Å². The molecule has 0 radical (unpaired) electrons. The Balaban J connectivity index is 1.52. The molecule has 0 unspecified atom stereocenters. The van der Waals surface area contributed by atoms with Crippen LogP contribution in [0.15, 0.2) is 24.3 Å². The highest BCUT2D eigenvalue weighted by Gasteiger charge is 2.24. The predicted octanol–water partition coefficient (Wildman–Crippen LogP) is 1.79. The number of fused-ring (bicyclic) bond motifs is 1. The van der Waals surface area contributed by atoms with E-state index < -0.39 is 0 Å². The van der Waals surface area contributed by atoms with Gasteiger partial charge in [0.25, 0.3) is 0 Å². The molecule has 7 nitrogen and oxygen atoms in total. The molecule has 1 aliphatic heterocycles. The summed E-state index contributed by atoms with van der Waals surface area (Å²) in [6.07, 6.45) is 0. The van der Waals surface area contributed by atoms with Crippen LogP contribution in [0.2, 0.25) is 0 Å². The van der Waals surface area contributed by atoms with Gasteiger partial charge in [-0.1, -0.05) is 23.5 Å². The number of aromatic nitrogens is 1. The molecule has 2 heterocycles. The standard InChI is InChI=1S/C20H29N5O2S/c1-4-25(20-22-16-7-5-6-8-17(16)28-20)19(27)14-24-11-9-23(10-12-24)13-18(26)21-15(2)3/h5-8,15H,4,9-14H2,1-3H3,(H,21,26). The lowest BCUT2D eigenvalue weighted by Gasteiger charge is -2.34. The Labute approximate surface area is 170 Å². The Kier molecular flexibility index (Phi) is 6.98. The van der Waals surface area contributed by atoms with Crippen molar-refractivity contribution in [3.05, 3.63) is 24.3 Å². The van der Waals surface area contributed by atoms with Crippen LogP contribution >= 0.6 is 11.3 Å². The molecule has 28 heavy (non-hydrogen) atoms. The van der Waals surface area contributed by atoms with Crippen LogP contribution in [0.25, 0.3) is 10.2 Å². The first-order valence-electron chi connectivity index (χ1n) is 9.86. The minimum absolute atomic E-state index is 0.0625. The maximum atomic E-state index is 12.9. The lowest BCUT2D eigenvalue weighted by Crippen LogP contribution is -2.52. The average molecular weight is 404 g/mol. The van der Waals surface area contributed by atoms with Gasteiger partial charge in [0.1, 0.15) is 0 Å². The number of anilines is 1. The Bertz CT molecular complexity index is 781. The molecule has 2 aromatic rings. The number of nitrogens with one attached hydrogen (secondary N) is 1. The molecule has 1 aromatic heterocycles. The number of likely N-dealkylation sites (N-methyl/N-ethyl adjacent to an activating group) is 1. The van der Waals surface area contributed by atoms with Crippen molar-refractivity contribution in [1.82, 2.24) is 20.1 Å². The lowest BCUT2D eigenvalue weighted by molar-refractivity contribution is -0.124. The lowest BCUT2D eigenvalue weighted by atomic mass is 10.3. The molecule has 0 atom stereocenters. The second-order valence-electron chi connectivity index (χ2n) is 7.38. The maximum absolute atomic E-state index is 12.9. The van der Waals surface area contributed by atoms with Crippen molar-refractivity contribution in [2.45, 2.75) is 26.8 Å². The van der Waals surface area contributed by atoms with E-state index in [1.807, 2.05) is 45.0 Å². The topological polar surface area (TPSA) is 68.8 Å². The summed E-state index contributed by atoms with van der Waals surface area (Å²) < 4.78 is 1.09. The third-order valence-electron chi connectivity index (χ3n) is 4.77. The summed E-state index contributed by atoms with van der Waals surface area (Å²) in [4.78, 5) is 35.5. The highest BCUT2D eigenvalue weighted by atomic mass is 32.1. The molecular formula is C20H29N5O2S. The minimum atomic E-state index is 0.0625. The molecule has 1 aliphatic rings. The number of hydrogen-bond donors (Lipinski definition) is 1. The average Bonchev–Trinajstić information content (AvgIpc) is 3.07. The summed E-state index contributed by atoms with van der Waals surface area (Å²) in [5.41, 5.74) is 0.932. The number of amides is 2. The number of carbonyl (C=O) groups excluding carboxylic acids is 2. The first-order valence-corrected chi connectivity index (χ1v) is 10.7. The summed E-state index contributed by atoms with van der Waals surface area (Å²) in [5.74, 6) is 0.139. The van der Waals surface area contributed by atoms with Gasteiger partial charge >= 0.3 is 0 Å². The summed E-state index contributed by atoms with van der Waals surface area (Å²) in [7, 11) is 0. The Morgan fingerprint density at radius 3 is 2.39 bits per heavy atom. The van der Waals surface area contributed by atoms with E-state index in [4.69, 9.17) is 0 Å².